The minimum Gasteiger partial charge on any atom is -0.386 e. The van der Waals surface area contributed by atoms with E-state index in [4.69, 9.17) is 23.7 Å². The Kier molecular flexibility index (Phi) is 5.38. The second-order valence-corrected chi connectivity index (χ2v) is 12.1. The van der Waals surface area contributed by atoms with E-state index in [-0.39, 0.29) is 58.9 Å². The molecule has 7 bridgehead atoms. The number of likely N-dealkylation sites (N-methyl/N-ethyl adjacent to an activating group) is 1. The Balaban J connectivity index is 1.67. The van der Waals surface area contributed by atoms with Crippen LogP contribution < -0.4 is 0 Å². The van der Waals surface area contributed by atoms with Crippen LogP contribution in [0.1, 0.15) is 32.6 Å². The normalized spacial score (nSPS) is 59.5. The maximum atomic E-state index is 13.1. The number of piperidine rings is 1. The second-order valence-electron chi connectivity index (χ2n) is 12.1. The molecule has 194 valence electrons. The molecule has 6 rings (SSSR count). The van der Waals surface area contributed by atoms with E-state index in [2.05, 4.69) is 11.8 Å². The highest BCUT2D eigenvalue weighted by Crippen LogP contribution is 2.80. The number of nitrogens with zero attached hydrogens (tertiary/aromatic N) is 1. The molecule has 5 aliphatic carbocycles. The van der Waals surface area contributed by atoms with Crippen LogP contribution in [0.5, 0.6) is 0 Å². The molecule has 1 spiro atoms. The number of hydrogen-bond acceptors (Lipinski definition) is 8. The first-order valence-corrected chi connectivity index (χ1v) is 13.1. The first-order valence-electron chi connectivity index (χ1n) is 13.1. The predicted octanol–water partition coefficient (Wildman–Crippen LogP) is 0.925. The summed E-state index contributed by atoms with van der Waals surface area (Å²) in [6, 6.07) is -0.256. The average molecular weight is 482 g/mol. The largest absolute Gasteiger partial charge is 0.386 e. The van der Waals surface area contributed by atoms with Gasteiger partial charge in [-0.3, -0.25) is 4.90 Å². The van der Waals surface area contributed by atoms with Crippen LogP contribution >= 0.6 is 0 Å². The smallest absolute Gasteiger partial charge is 0.136 e. The van der Waals surface area contributed by atoms with Crippen LogP contribution in [0.3, 0.4) is 0 Å². The van der Waals surface area contributed by atoms with Gasteiger partial charge in [-0.1, -0.05) is 6.92 Å². The lowest BCUT2D eigenvalue weighted by molar-refractivity contribution is -0.320. The summed E-state index contributed by atoms with van der Waals surface area (Å²) in [6.07, 6.45) is 2.30. The molecular formula is C26H43NO7. The highest BCUT2D eigenvalue weighted by Gasteiger charge is 2.91. The van der Waals surface area contributed by atoms with Gasteiger partial charge in [0.05, 0.1) is 37.1 Å². The molecule has 1 heterocycles. The summed E-state index contributed by atoms with van der Waals surface area (Å²) in [5.74, 6) is 0.165. The van der Waals surface area contributed by atoms with E-state index in [0.717, 1.165) is 32.4 Å². The predicted molar refractivity (Wildman–Crippen MR) is 123 cm³/mol. The van der Waals surface area contributed by atoms with Crippen molar-refractivity contribution in [1.29, 1.82) is 0 Å². The third kappa shape index (κ3) is 2.27. The molecule has 5 saturated carbocycles. The topological polar surface area (TPSA) is 89.9 Å². The van der Waals surface area contributed by atoms with E-state index in [1.165, 1.54) is 0 Å². The van der Waals surface area contributed by atoms with Gasteiger partial charge < -0.3 is 33.9 Å². The fourth-order valence-electron chi connectivity index (χ4n) is 11.3. The van der Waals surface area contributed by atoms with Crippen molar-refractivity contribution in [2.24, 2.45) is 34.5 Å². The molecule has 4 unspecified atom stereocenters. The zero-order chi connectivity index (χ0) is 24.3. The fourth-order valence-corrected chi connectivity index (χ4v) is 11.3. The van der Waals surface area contributed by atoms with Crippen molar-refractivity contribution in [3.8, 4) is 0 Å². The third-order valence-electron chi connectivity index (χ3n) is 11.7. The zero-order valence-corrected chi connectivity index (χ0v) is 21.5. The minimum atomic E-state index is -1.47. The monoisotopic (exact) mass is 481 g/mol. The van der Waals surface area contributed by atoms with E-state index in [1.807, 2.05) is 7.11 Å². The first kappa shape index (κ1) is 24.0. The summed E-state index contributed by atoms with van der Waals surface area (Å²) in [5.41, 5.74) is -3.38. The number of fused-ring (bicyclic) bond motifs is 2. The highest BCUT2D eigenvalue weighted by atomic mass is 16.5. The maximum absolute atomic E-state index is 13.1. The molecular weight excluding hydrogens is 438 g/mol. The number of hydrogen-bond donors (Lipinski definition) is 2. The van der Waals surface area contributed by atoms with Crippen molar-refractivity contribution in [3.05, 3.63) is 0 Å². The molecule has 6 fully saturated rings. The van der Waals surface area contributed by atoms with E-state index in [0.29, 0.717) is 13.0 Å². The average Bonchev–Trinajstić information content (AvgIpc) is 3.25. The van der Waals surface area contributed by atoms with Gasteiger partial charge >= 0.3 is 0 Å². The van der Waals surface area contributed by atoms with Gasteiger partial charge in [0, 0.05) is 77.1 Å². The molecule has 0 radical (unpaired) electrons. The van der Waals surface area contributed by atoms with Crippen molar-refractivity contribution in [2.75, 3.05) is 55.2 Å². The SMILES string of the molecule is CCN1C[C@]2(COC)CCC(OC)[C@]34C1[C@](O)([C@@H](OC)[C@H]23)[C@@]1(O)C[C@H](OC)[C@H]2C[C@@H]4C1C2OC. The summed E-state index contributed by atoms with van der Waals surface area (Å²) in [5, 5.41) is 25.9. The Morgan fingerprint density at radius 1 is 1.00 bits per heavy atom. The van der Waals surface area contributed by atoms with E-state index >= 15 is 0 Å². The van der Waals surface area contributed by atoms with Gasteiger partial charge in [0.2, 0.25) is 0 Å². The van der Waals surface area contributed by atoms with Gasteiger partial charge in [-0.2, -0.15) is 0 Å². The molecule has 0 aromatic rings. The molecule has 1 aliphatic heterocycles. The van der Waals surface area contributed by atoms with Crippen LogP contribution in [0.2, 0.25) is 0 Å². The molecule has 1 saturated heterocycles. The Hall–Kier alpha value is -0.320. The summed E-state index contributed by atoms with van der Waals surface area (Å²) >= 11 is 0. The molecule has 0 aromatic carbocycles. The second kappa shape index (κ2) is 7.60. The molecule has 8 heteroatoms. The van der Waals surface area contributed by atoms with E-state index in [1.54, 1.807) is 28.4 Å². The van der Waals surface area contributed by atoms with Crippen molar-refractivity contribution in [1.82, 2.24) is 4.90 Å². The lowest BCUT2D eigenvalue weighted by atomic mass is 9.42. The quantitative estimate of drug-likeness (QED) is 0.555. The molecule has 0 aromatic heterocycles. The number of ether oxygens (including phenoxy) is 5. The van der Waals surface area contributed by atoms with Gasteiger partial charge in [-0.25, -0.2) is 0 Å². The molecule has 6 aliphatic rings. The summed E-state index contributed by atoms with van der Waals surface area (Å²) in [4.78, 5) is 2.43. The number of rotatable bonds is 7. The van der Waals surface area contributed by atoms with E-state index < -0.39 is 17.3 Å². The van der Waals surface area contributed by atoms with Crippen LogP contribution in [0.4, 0.5) is 0 Å². The van der Waals surface area contributed by atoms with Crippen LogP contribution in [0, 0.1) is 34.5 Å². The number of aliphatic hydroxyl groups is 2. The minimum absolute atomic E-state index is 0.0262. The fraction of sp³-hybridized carbons (Fsp3) is 1.00. The standard InChI is InChI=1S/C26H43NO7/c1-7-27-12-23(13-30-2)9-8-17(32-4)25-15-10-14-16(31-3)11-24(28,18(15)19(14)33-5)26(29,22(25)27)21(34-6)20(23)25/h14-22,28-29H,7-13H2,1-6H3/t14-,15-,16+,17?,18?,19?,20-,21+,22?,23+,24-,25+,26-/m1/s1. The lowest BCUT2D eigenvalue weighted by Gasteiger charge is -2.70. The summed E-state index contributed by atoms with van der Waals surface area (Å²) in [6.45, 7) is 4.41. The third-order valence-corrected chi connectivity index (χ3v) is 11.7. The zero-order valence-electron chi connectivity index (χ0n) is 21.5. The Bertz CT molecular complexity index is 829. The van der Waals surface area contributed by atoms with Crippen LogP contribution in [0.25, 0.3) is 0 Å². The molecule has 0 amide bonds. The molecule has 34 heavy (non-hydrogen) atoms. The molecule has 13 atom stereocenters. The van der Waals surface area contributed by atoms with Gasteiger partial charge in [0.25, 0.3) is 0 Å². The molecule has 2 N–H and O–H groups in total. The van der Waals surface area contributed by atoms with Crippen molar-refractivity contribution < 1.29 is 33.9 Å². The Labute approximate surface area is 203 Å². The van der Waals surface area contributed by atoms with Gasteiger partial charge in [0.15, 0.2) is 0 Å². The summed E-state index contributed by atoms with van der Waals surface area (Å²) in [7, 11) is 8.77. The first-order chi connectivity index (χ1) is 16.3. The van der Waals surface area contributed by atoms with Crippen molar-refractivity contribution in [3.63, 3.8) is 0 Å². The van der Waals surface area contributed by atoms with Gasteiger partial charge in [-0.05, 0) is 31.7 Å². The van der Waals surface area contributed by atoms with Crippen molar-refractivity contribution in [2.45, 2.75) is 74.3 Å². The van der Waals surface area contributed by atoms with Crippen molar-refractivity contribution >= 4 is 0 Å². The highest BCUT2D eigenvalue weighted by molar-refractivity contribution is 5.41. The number of methoxy groups -OCH3 is 5. The van der Waals surface area contributed by atoms with Crippen LogP contribution in [-0.4, -0.2) is 112 Å². The van der Waals surface area contributed by atoms with Crippen LogP contribution in [0.15, 0.2) is 0 Å². The van der Waals surface area contributed by atoms with Gasteiger partial charge in [-0.15, -0.1) is 0 Å². The summed E-state index contributed by atoms with van der Waals surface area (Å²) < 4.78 is 30.7. The lowest BCUT2D eigenvalue weighted by Crippen LogP contribution is -2.82. The van der Waals surface area contributed by atoms with Crippen LogP contribution in [-0.2, 0) is 23.7 Å². The van der Waals surface area contributed by atoms with E-state index in [9.17, 15) is 10.2 Å². The Morgan fingerprint density at radius 3 is 2.35 bits per heavy atom. The number of likely N-dealkylation sites (tertiary alicyclic amines) is 1. The Morgan fingerprint density at radius 2 is 1.76 bits per heavy atom. The van der Waals surface area contributed by atoms with Gasteiger partial charge in [0.1, 0.15) is 11.2 Å². The maximum Gasteiger partial charge on any atom is 0.136 e. The molecule has 8 nitrogen and oxygen atoms in total.